The second kappa shape index (κ2) is 10.1. The monoisotopic (exact) mass is 428 g/mol. The van der Waals surface area contributed by atoms with E-state index in [-0.39, 0.29) is 5.75 Å². The quantitative estimate of drug-likeness (QED) is 0.406. The zero-order valence-corrected chi connectivity index (χ0v) is 17.1. The van der Waals surface area contributed by atoms with E-state index in [0.717, 1.165) is 11.1 Å². The summed E-state index contributed by atoms with van der Waals surface area (Å²) in [7, 11) is 0. The highest BCUT2D eigenvalue weighted by Crippen LogP contribution is 2.39. The van der Waals surface area contributed by atoms with Gasteiger partial charge in [-0.15, -0.1) is 13.2 Å². The van der Waals surface area contributed by atoms with Crippen molar-refractivity contribution in [2.75, 3.05) is 6.61 Å². The fourth-order valence-electron chi connectivity index (χ4n) is 3.57. The molecule has 5 atom stereocenters. The van der Waals surface area contributed by atoms with Crippen molar-refractivity contribution in [1.82, 2.24) is 0 Å². The summed E-state index contributed by atoms with van der Waals surface area (Å²) >= 11 is 0. The third kappa shape index (κ3) is 4.98. The number of aromatic hydroxyl groups is 1. The van der Waals surface area contributed by atoms with Crippen LogP contribution in [0.25, 0.3) is 11.1 Å². The maximum atomic E-state index is 10.5. The molecule has 3 rings (SSSR count). The molecule has 2 aromatic rings. The van der Waals surface area contributed by atoms with Gasteiger partial charge in [-0.05, 0) is 48.2 Å². The zero-order chi connectivity index (χ0) is 22.5. The summed E-state index contributed by atoms with van der Waals surface area (Å²) in [6.07, 6.45) is -2.27. The number of ether oxygens (including phenoxy) is 2. The lowest BCUT2D eigenvalue weighted by atomic mass is 9.96. The number of allylic oxidation sites excluding steroid dienone is 2. The van der Waals surface area contributed by atoms with E-state index in [2.05, 4.69) is 13.2 Å². The molecule has 0 aromatic heterocycles. The molecule has 1 fully saturated rings. The van der Waals surface area contributed by atoms with E-state index >= 15 is 0 Å². The van der Waals surface area contributed by atoms with Crippen LogP contribution in [0.2, 0.25) is 0 Å². The number of phenols is 1. The Morgan fingerprint density at radius 2 is 1.48 bits per heavy atom. The van der Waals surface area contributed by atoms with E-state index < -0.39 is 37.3 Å². The average Bonchev–Trinajstić information content (AvgIpc) is 2.76. The molecule has 0 amide bonds. The van der Waals surface area contributed by atoms with E-state index in [1.165, 1.54) is 0 Å². The van der Waals surface area contributed by atoms with Crippen molar-refractivity contribution in [3.8, 4) is 22.6 Å². The molecule has 7 nitrogen and oxygen atoms in total. The summed E-state index contributed by atoms with van der Waals surface area (Å²) < 4.78 is 11.4. The summed E-state index contributed by atoms with van der Waals surface area (Å²) in [6, 6.07) is 10.5. The summed E-state index contributed by atoms with van der Waals surface area (Å²) in [6.45, 7) is 6.94. The number of hydrogen-bond acceptors (Lipinski definition) is 7. The Kier molecular flexibility index (Phi) is 7.48. The minimum absolute atomic E-state index is 0.0437. The summed E-state index contributed by atoms with van der Waals surface area (Å²) in [5.74, 6) is 0.338. The highest BCUT2D eigenvalue weighted by Gasteiger charge is 2.44. The van der Waals surface area contributed by atoms with Crippen LogP contribution in [0.3, 0.4) is 0 Å². The Morgan fingerprint density at radius 3 is 2.10 bits per heavy atom. The molecule has 1 saturated heterocycles. The molecule has 7 heteroatoms. The molecular weight excluding hydrogens is 400 g/mol. The van der Waals surface area contributed by atoms with Gasteiger partial charge in [0.2, 0.25) is 6.29 Å². The minimum atomic E-state index is -1.55. The first-order valence-electron chi connectivity index (χ1n) is 10.0. The van der Waals surface area contributed by atoms with E-state index in [4.69, 9.17) is 9.47 Å². The van der Waals surface area contributed by atoms with Crippen molar-refractivity contribution in [1.29, 1.82) is 0 Å². The maximum Gasteiger partial charge on any atom is 0.229 e. The van der Waals surface area contributed by atoms with Crippen molar-refractivity contribution in [3.63, 3.8) is 0 Å². The fraction of sp³-hybridized carbons (Fsp3) is 0.333. The van der Waals surface area contributed by atoms with Gasteiger partial charge in [0.05, 0.1) is 6.61 Å². The van der Waals surface area contributed by atoms with Crippen LogP contribution in [-0.2, 0) is 17.6 Å². The molecule has 5 N–H and O–H groups in total. The molecule has 0 aliphatic carbocycles. The summed E-state index contributed by atoms with van der Waals surface area (Å²) in [4.78, 5) is 0. The van der Waals surface area contributed by atoms with E-state index in [1.807, 2.05) is 18.2 Å². The second-order valence-electron chi connectivity index (χ2n) is 7.48. The lowest BCUT2D eigenvalue weighted by molar-refractivity contribution is -0.277. The number of phenolic OH excluding ortho intramolecular Hbond substituents is 1. The minimum Gasteiger partial charge on any atom is -0.507 e. The van der Waals surface area contributed by atoms with Crippen LogP contribution in [0.15, 0.2) is 61.7 Å². The normalized spacial score (nSPS) is 25.7. The SMILES string of the molecule is C=CCc1ccc(O)c(-c2cc(CC=C)ccc2O[C@@H]2O[C@H](CO)[C@@H](O)[C@H](O)[C@H]2O)c1. The van der Waals surface area contributed by atoms with Crippen molar-refractivity contribution < 1.29 is 35.0 Å². The highest BCUT2D eigenvalue weighted by molar-refractivity contribution is 5.77. The molecule has 1 aliphatic rings. The van der Waals surface area contributed by atoms with Crippen LogP contribution in [-0.4, -0.2) is 62.8 Å². The van der Waals surface area contributed by atoms with Gasteiger partial charge in [-0.2, -0.15) is 0 Å². The predicted octanol–water partition coefficient (Wildman–Crippen LogP) is 1.69. The Morgan fingerprint density at radius 1 is 0.871 bits per heavy atom. The van der Waals surface area contributed by atoms with Crippen molar-refractivity contribution in [2.45, 2.75) is 43.5 Å². The standard InChI is InChI=1S/C24H28O7/c1-3-5-14-7-9-18(26)16(11-14)17-12-15(6-4-2)8-10-19(17)30-24-23(29)22(28)21(27)20(13-25)31-24/h3-4,7-12,20-29H,1-2,5-6,13H2/t20-,21-,22+,23-,24-/m1/s1. The van der Waals surface area contributed by atoms with Crippen LogP contribution in [0, 0.1) is 0 Å². The third-order valence-electron chi connectivity index (χ3n) is 5.25. The van der Waals surface area contributed by atoms with Gasteiger partial charge in [0.1, 0.15) is 35.9 Å². The van der Waals surface area contributed by atoms with E-state index in [1.54, 1.807) is 30.4 Å². The molecule has 0 spiro atoms. The zero-order valence-electron chi connectivity index (χ0n) is 17.1. The lowest BCUT2D eigenvalue weighted by Crippen LogP contribution is -2.60. The lowest BCUT2D eigenvalue weighted by Gasteiger charge is -2.39. The molecule has 0 bridgehead atoms. The molecule has 0 unspecified atom stereocenters. The molecule has 0 saturated carbocycles. The Balaban J connectivity index is 2.02. The molecule has 1 heterocycles. The number of rotatable bonds is 8. The van der Waals surface area contributed by atoms with Crippen LogP contribution in [0.1, 0.15) is 11.1 Å². The molecule has 2 aromatic carbocycles. The number of benzene rings is 2. The van der Waals surface area contributed by atoms with Crippen molar-refractivity contribution >= 4 is 0 Å². The average molecular weight is 428 g/mol. The van der Waals surface area contributed by atoms with Gasteiger partial charge in [0.25, 0.3) is 0 Å². The van der Waals surface area contributed by atoms with Gasteiger partial charge < -0.3 is 35.0 Å². The smallest absolute Gasteiger partial charge is 0.229 e. The van der Waals surface area contributed by atoms with Crippen molar-refractivity contribution in [2.24, 2.45) is 0 Å². The van der Waals surface area contributed by atoms with Gasteiger partial charge in [-0.1, -0.05) is 24.3 Å². The molecule has 166 valence electrons. The van der Waals surface area contributed by atoms with Crippen LogP contribution in [0.4, 0.5) is 0 Å². The first-order chi connectivity index (χ1) is 14.9. The maximum absolute atomic E-state index is 10.5. The number of aliphatic hydroxyl groups is 4. The molecule has 0 radical (unpaired) electrons. The Hall–Kier alpha value is -2.68. The Bertz CT molecular complexity index is 924. The third-order valence-corrected chi connectivity index (χ3v) is 5.25. The van der Waals surface area contributed by atoms with Gasteiger partial charge in [-0.25, -0.2) is 0 Å². The molecule has 31 heavy (non-hydrogen) atoms. The largest absolute Gasteiger partial charge is 0.507 e. The van der Waals surface area contributed by atoms with Crippen LogP contribution in [0.5, 0.6) is 11.5 Å². The summed E-state index contributed by atoms with van der Waals surface area (Å²) in [5, 5.41) is 50.3. The first-order valence-corrected chi connectivity index (χ1v) is 10.0. The number of hydrogen-bond donors (Lipinski definition) is 5. The predicted molar refractivity (Wildman–Crippen MR) is 116 cm³/mol. The van der Waals surface area contributed by atoms with Crippen molar-refractivity contribution in [3.05, 3.63) is 72.8 Å². The van der Waals surface area contributed by atoms with Gasteiger partial charge in [0.15, 0.2) is 0 Å². The van der Waals surface area contributed by atoms with Gasteiger partial charge in [0, 0.05) is 11.1 Å². The van der Waals surface area contributed by atoms with E-state index in [9.17, 15) is 25.5 Å². The molecular formula is C24H28O7. The van der Waals surface area contributed by atoms with E-state index in [0.29, 0.717) is 29.7 Å². The summed E-state index contributed by atoms with van der Waals surface area (Å²) in [5.41, 5.74) is 2.94. The second-order valence-corrected chi connectivity index (χ2v) is 7.48. The fourth-order valence-corrected chi connectivity index (χ4v) is 3.57. The van der Waals surface area contributed by atoms with Gasteiger partial charge >= 0.3 is 0 Å². The van der Waals surface area contributed by atoms with Crippen LogP contribution < -0.4 is 4.74 Å². The first kappa shape index (κ1) is 23.0. The Labute approximate surface area is 181 Å². The number of aliphatic hydroxyl groups excluding tert-OH is 4. The van der Waals surface area contributed by atoms with Gasteiger partial charge in [-0.3, -0.25) is 0 Å². The molecule has 1 aliphatic heterocycles. The topological polar surface area (TPSA) is 120 Å². The highest BCUT2D eigenvalue weighted by atomic mass is 16.7. The van der Waals surface area contributed by atoms with Crippen LogP contribution >= 0.6 is 0 Å².